The zero-order valence-corrected chi connectivity index (χ0v) is 10.5. The van der Waals surface area contributed by atoms with Crippen LogP contribution in [0.4, 0.5) is 0 Å². The van der Waals surface area contributed by atoms with Crippen LogP contribution in [0.1, 0.15) is 25.0 Å². The Morgan fingerprint density at radius 3 is 2.56 bits per heavy atom. The maximum absolute atomic E-state index is 4.17. The lowest BCUT2D eigenvalue weighted by atomic mass is 10.1. The molecular weight excluding hydrogens is 198 g/mol. The summed E-state index contributed by atoms with van der Waals surface area (Å²) in [4.78, 5) is 4.17. The second-order valence-corrected chi connectivity index (χ2v) is 4.15. The van der Waals surface area contributed by atoms with Crippen molar-refractivity contribution in [3.63, 3.8) is 0 Å². The quantitative estimate of drug-likeness (QED) is 0.603. The highest BCUT2D eigenvalue weighted by Gasteiger charge is 2.01. The first kappa shape index (κ1) is 12.6. The van der Waals surface area contributed by atoms with Crippen molar-refractivity contribution in [1.82, 2.24) is 10.6 Å². The molecule has 0 amide bonds. The van der Waals surface area contributed by atoms with E-state index in [0.29, 0.717) is 6.04 Å². The third-order valence-electron chi connectivity index (χ3n) is 2.36. The van der Waals surface area contributed by atoms with E-state index in [1.165, 1.54) is 11.1 Å². The Labute approximate surface area is 98.0 Å². The minimum absolute atomic E-state index is 0.392. The summed E-state index contributed by atoms with van der Waals surface area (Å²) in [6, 6.07) is 8.76. The third kappa shape index (κ3) is 3.93. The fraction of sp³-hybridized carbons (Fsp3) is 0.462. The van der Waals surface area contributed by atoms with E-state index in [2.05, 4.69) is 60.7 Å². The van der Waals surface area contributed by atoms with Crippen LogP contribution in [-0.4, -0.2) is 19.0 Å². The summed E-state index contributed by atoms with van der Waals surface area (Å²) < 4.78 is 0. The van der Waals surface area contributed by atoms with Gasteiger partial charge in [-0.1, -0.05) is 24.3 Å². The summed E-state index contributed by atoms with van der Waals surface area (Å²) >= 11 is 0. The molecule has 16 heavy (non-hydrogen) atoms. The Hall–Kier alpha value is -1.51. The van der Waals surface area contributed by atoms with Crippen molar-refractivity contribution in [2.24, 2.45) is 4.99 Å². The first-order valence-electron chi connectivity index (χ1n) is 5.65. The van der Waals surface area contributed by atoms with Crippen LogP contribution in [0.3, 0.4) is 0 Å². The maximum Gasteiger partial charge on any atom is 0.191 e. The Kier molecular flexibility index (Phi) is 4.83. The van der Waals surface area contributed by atoms with Gasteiger partial charge in [-0.05, 0) is 31.9 Å². The second kappa shape index (κ2) is 6.16. The van der Waals surface area contributed by atoms with E-state index >= 15 is 0 Å². The number of aryl methyl sites for hydroxylation is 1. The van der Waals surface area contributed by atoms with Crippen LogP contribution in [0.2, 0.25) is 0 Å². The number of aliphatic imine (C=N–C) groups is 1. The van der Waals surface area contributed by atoms with Crippen molar-refractivity contribution in [2.45, 2.75) is 33.4 Å². The predicted molar refractivity (Wildman–Crippen MR) is 69.6 cm³/mol. The molecule has 0 saturated carbocycles. The van der Waals surface area contributed by atoms with Crippen molar-refractivity contribution in [3.05, 3.63) is 35.4 Å². The summed E-state index contributed by atoms with van der Waals surface area (Å²) in [5.41, 5.74) is 2.60. The molecule has 0 fully saturated rings. The molecule has 0 saturated heterocycles. The minimum Gasteiger partial charge on any atom is -0.354 e. The number of hydrogen-bond acceptors (Lipinski definition) is 1. The number of rotatable bonds is 3. The predicted octanol–water partition coefficient (Wildman–Crippen LogP) is 2.07. The van der Waals surface area contributed by atoms with Crippen LogP contribution in [0.25, 0.3) is 0 Å². The van der Waals surface area contributed by atoms with Gasteiger partial charge in [0, 0.05) is 19.6 Å². The van der Waals surface area contributed by atoms with Gasteiger partial charge in [0.25, 0.3) is 0 Å². The van der Waals surface area contributed by atoms with Gasteiger partial charge in [0.1, 0.15) is 0 Å². The highest BCUT2D eigenvalue weighted by Crippen LogP contribution is 2.05. The van der Waals surface area contributed by atoms with Gasteiger partial charge in [-0.25, -0.2) is 0 Å². The lowest BCUT2D eigenvalue weighted by molar-refractivity contribution is 0.699. The molecule has 0 aliphatic heterocycles. The summed E-state index contributed by atoms with van der Waals surface area (Å²) in [7, 11) is 1.79. The van der Waals surface area contributed by atoms with Crippen molar-refractivity contribution in [3.8, 4) is 0 Å². The molecule has 0 bridgehead atoms. The number of nitrogens with one attached hydrogen (secondary N) is 2. The average Bonchev–Trinajstić information content (AvgIpc) is 2.25. The lowest BCUT2D eigenvalue weighted by Gasteiger charge is -2.15. The molecule has 0 unspecified atom stereocenters. The summed E-state index contributed by atoms with van der Waals surface area (Å²) in [5.74, 6) is 0.846. The number of guanidine groups is 1. The third-order valence-corrected chi connectivity index (χ3v) is 2.36. The van der Waals surface area contributed by atoms with Gasteiger partial charge in [-0.3, -0.25) is 4.99 Å². The van der Waals surface area contributed by atoms with Crippen LogP contribution in [0, 0.1) is 6.92 Å². The van der Waals surface area contributed by atoms with Crippen LogP contribution < -0.4 is 10.6 Å². The molecule has 0 spiro atoms. The Morgan fingerprint density at radius 1 is 1.31 bits per heavy atom. The maximum atomic E-state index is 4.17. The smallest absolute Gasteiger partial charge is 0.191 e. The van der Waals surface area contributed by atoms with E-state index in [0.717, 1.165) is 12.5 Å². The number of hydrogen-bond donors (Lipinski definition) is 2. The SMILES string of the molecule is CN=C(NCc1ccccc1C)NC(C)C. The van der Waals surface area contributed by atoms with E-state index < -0.39 is 0 Å². The van der Waals surface area contributed by atoms with E-state index in [4.69, 9.17) is 0 Å². The molecule has 0 aliphatic carbocycles. The van der Waals surface area contributed by atoms with Gasteiger partial charge in [-0.2, -0.15) is 0 Å². The monoisotopic (exact) mass is 219 g/mol. The second-order valence-electron chi connectivity index (χ2n) is 4.15. The van der Waals surface area contributed by atoms with Crippen LogP contribution in [0.5, 0.6) is 0 Å². The fourth-order valence-electron chi connectivity index (χ4n) is 1.46. The Balaban J connectivity index is 2.54. The summed E-state index contributed by atoms with van der Waals surface area (Å²) in [6.07, 6.45) is 0. The summed E-state index contributed by atoms with van der Waals surface area (Å²) in [6.45, 7) is 7.12. The molecule has 3 nitrogen and oxygen atoms in total. The molecular formula is C13H21N3. The van der Waals surface area contributed by atoms with Crippen LogP contribution in [-0.2, 0) is 6.54 Å². The number of nitrogens with zero attached hydrogens (tertiary/aromatic N) is 1. The van der Waals surface area contributed by atoms with E-state index in [-0.39, 0.29) is 0 Å². The van der Waals surface area contributed by atoms with Crippen molar-refractivity contribution in [1.29, 1.82) is 0 Å². The topological polar surface area (TPSA) is 36.4 Å². The molecule has 0 aliphatic rings. The first-order valence-corrected chi connectivity index (χ1v) is 5.65. The minimum atomic E-state index is 0.392. The van der Waals surface area contributed by atoms with Gasteiger partial charge in [0.05, 0.1) is 0 Å². The molecule has 2 N–H and O–H groups in total. The Bertz CT molecular complexity index is 356. The molecule has 0 heterocycles. The van der Waals surface area contributed by atoms with Gasteiger partial charge in [-0.15, -0.1) is 0 Å². The van der Waals surface area contributed by atoms with Crippen LogP contribution in [0.15, 0.2) is 29.3 Å². The highest BCUT2D eigenvalue weighted by atomic mass is 15.2. The lowest BCUT2D eigenvalue weighted by Crippen LogP contribution is -2.40. The molecule has 3 heteroatoms. The average molecular weight is 219 g/mol. The number of benzene rings is 1. The molecule has 0 aromatic heterocycles. The van der Waals surface area contributed by atoms with Gasteiger partial charge >= 0.3 is 0 Å². The standard InChI is InChI=1S/C13H21N3/c1-10(2)16-13(14-4)15-9-12-8-6-5-7-11(12)3/h5-8,10H,9H2,1-4H3,(H2,14,15,16). The zero-order chi connectivity index (χ0) is 12.0. The molecule has 0 atom stereocenters. The van der Waals surface area contributed by atoms with Gasteiger partial charge in [0.15, 0.2) is 5.96 Å². The fourth-order valence-corrected chi connectivity index (χ4v) is 1.46. The van der Waals surface area contributed by atoms with Crippen molar-refractivity contribution in [2.75, 3.05) is 7.05 Å². The van der Waals surface area contributed by atoms with E-state index in [1.807, 2.05) is 0 Å². The summed E-state index contributed by atoms with van der Waals surface area (Å²) in [5, 5.41) is 6.55. The zero-order valence-electron chi connectivity index (χ0n) is 10.5. The molecule has 0 radical (unpaired) electrons. The van der Waals surface area contributed by atoms with Gasteiger partial charge in [0.2, 0.25) is 0 Å². The van der Waals surface area contributed by atoms with Crippen molar-refractivity contribution < 1.29 is 0 Å². The van der Waals surface area contributed by atoms with Gasteiger partial charge < -0.3 is 10.6 Å². The normalized spacial score (nSPS) is 11.7. The van der Waals surface area contributed by atoms with Crippen molar-refractivity contribution >= 4 is 5.96 Å². The largest absolute Gasteiger partial charge is 0.354 e. The molecule has 1 aromatic carbocycles. The van der Waals surface area contributed by atoms with E-state index in [1.54, 1.807) is 7.05 Å². The van der Waals surface area contributed by atoms with E-state index in [9.17, 15) is 0 Å². The molecule has 1 aromatic rings. The molecule has 88 valence electrons. The Morgan fingerprint density at radius 2 is 2.00 bits per heavy atom. The van der Waals surface area contributed by atoms with Crippen LogP contribution >= 0.6 is 0 Å². The highest BCUT2D eigenvalue weighted by molar-refractivity contribution is 5.79. The first-order chi connectivity index (χ1) is 7.63. The molecule has 1 rings (SSSR count).